The molecular weight excluding hydrogens is 220 g/mol. The minimum Gasteiger partial charge on any atom is -0.357 e. The maximum absolute atomic E-state index is 11.6. The lowest BCUT2D eigenvalue weighted by Crippen LogP contribution is -2.48. The van der Waals surface area contributed by atoms with Crippen LogP contribution in [0.15, 0.2) is 0 Å². The second kappa shape index (κ2) is 7.81. The summed E-state index contributed by atoms with van der Waals surface area (Å²) in [6.07, 6.45) is 1.21. The van der Waals surface area contributed by atoms with Crippen molar-refractivity contribution in [2.24, 2.45) is 5.92 Å². The number of nitrogens with one attached hydrogen (secondary N) is 2. The van der Waals surface area contributed by atoms with Gasteiger partial charge in [-0.3, -0.25) is 9.59 Å². The van der Waals surface area contributed by atoms with Gasteiger partial charge in [-0.25, -0.2) is 0 Å². The Morgan fingerprint density at radius 1 is 1.12 bits per heavy atom. The zero-order chi connectivity index (χ0) is 13.4. The monoisotopic (exact) mass is 242 g/mol. The van der Waals surface area contributed by atoms with E-state index in [1.165, 1.54) is 6.92 Å². The minimum absolute atomic E-state index is 0.0340. The molecule has 0 aromatic heterocycles. The standard InChI is InChI=1S/C12H22N2O3/c1-8(2)11(12(17)13-4)14-10(16)7-5-6-9(3)15/h8,11H,5-7H2,1-4H3,(H,13,17)(H,14,16)/t11-/m0/s1. The van der Waals surface area contributed by atoms with Crippen LogP contribution in [0.4, 0.5) is 0 Å². The minimum atomic E-state index is -0.509. The molecule has 0 aliphatic carbocycles. The van der Waals surface area contributed by atoms with Gasteiger partial charge in [0, 0.05) is 19.9 Å². The topological polar surface area (TPSA) is 75.3 Å². The lowest BCUT2D eigenvalue weighted by Gasteiger charge is -2.20. The fraction of sp³-hybridized carbons (Fsp3) is 0.750. The Morgan fingerprint density at radius 2 is 1.71 bits per heavy atom. The van der Waals surface area contributed by atoms with E-state index in [0.717, 1.165) is 0 Å². The quantitative estimate of drug-likeness (QED) is 0.687. The third-order valence-electron chi connectivity index (χ3n) is 2.44. The average molecular weight is 242 g/mol. The molecule has 2 amide bonds. The van der Waals surface area contributed by atoms with Gasteiger partial charge < -0.3 is 15.4 Å². The summed E-state index contributed by atoms with van der Waals surface area (Å²) in [4.78, 5) is 33.8. The Hall–Kier alpha value is -1.39. The highest BCUT2D eigenvalue weighted by molar-refractivity contribution is 5.87. The highest BCUT2D eigenvalue weighted by Gasteiger charge is 2.22. The normalized spacial score (nSPS) is 12.1. The van der Waals surface area contributed by atoms with Crippen molar-refractivity contribution in [1.82, 2.24) is 10.6 Å². The number of Topliss-reactive ketones (excluding diaryl/α,β-unsaturated/α-hetero) is 1. The molecule has 1 atom stereocenters. The van der Waals surface area contributed by atoms with E-state index in [-0.39, 0.29) is 29.9 Å². The number of carbonyl (C=O) groups excluding carboxylic acids is 3. The Balaban J connectivity index is 4.13. The molecule has 98 valence electrons. The number of hydrogen-bond donors (Lipinski definition) is 2. The molecule has 0 heterocycles. The van der Waals surface area contributed by atoms with Crippen molar-refractivity contribution >= 4 is 17.6 Å². The van der Waals surface area contributed by atoms with Gasteiger partial charge in [0.2, 0.25) is 11.8 Å². The van der Waals surface area contributed by atoms with Crippen LogP contribution in [0.1, 0.15) is 40.0 Å². The Kier molecular flexibility index (Phi) is 7.18. The predicted octanol–water partition coefficient (Wildman–Crippen LogP) is 0.632. The number of carbonyl (C=O) groups is 3. The van der Waals surface area contributed by atoms with Crippen LogP contribution in [0.5, 0.6) is 0 Å². The summed E-state index contributed by atoms with van der Waals surface area (Å²) in [6.45, 7) is 5.24. The van der Waals surface area contributed by atoms with Crippen LogP contribution < -0.4 is 10.6 Å². The molecule has 0 spiro atoms. The number of ketones is 1. The number of rotatable bonds is 7. The van der Waals surface area contributed by atoms with Gasteiger partial charge in [0.1, 0.15) is 11.8 Å². The maximum atomic E-state index is 11.6. The molecule has 0 aromatic rings. The third kappa shape index (κ3) is 6.71. The maximum Gasteiger partial charge on any atom is 0.242 e. The molecule has 0 saturated heterocycles. The average Bonchev–Trinajstić information content (AvgIpc) is 2.24. The lowest BCUT2D eigenvalue weighted by atomic mass is 10.0. The van der Waals surface area contributed by atoms with Gasteiger partial charge in [-0.05, 0) is 19.3 Å². The first-order valence-corrected chi connectivity index (χ1v) is 5.88. The van der Waals surface area contributed by atoms with Gasteiger partial charge in [-0.1, -0.05) is 13.8 Å². The van der Waals surface area contributed by atoms with E-state index in [1.807, 2.05) is 13.8 Å². The van der Waals surface area contributed by atoms with Crippen LogP contribution >= 0.6 is 0 Å². The van der Waals surface area contributed by atoms with Gasteiger partial charge >= 0.3 is 0 Å². The van der Waals surface area contributed by atoms with Crippen LogP contribution in [0, 0.1) is 5.92 Å². The Morgan fingerprint density at radius 3 is 2.12 bits per heavy atom. The van der Waals surface area contributed by atoms with Gasteiger partial charge in [-0.15, -0.1) is 0 Å². The number of amides is 2. The van der Waals surface area contributed by atoms with Crippen LogP contribution in [0.3, 0.4) is 0 Å². The van der Waals surface area contributed by atoms with Crippen LogP contribution in [0.25, 0.3) is 0 Å². The highest BCUT2D eigenvalue weighted by atomic mass is 16.2. The summed E-state index contributed by atoms with van der Waals surface area (Å²) in [5, 5.41) is 5.20. The van der Waals surface area contributed by atoms with E-state index >= 15 is 0 Å². The van der Waals surface area contributed by atoms with Crippen molar-refractivity contribution in [3.8, 4) is 0 Å². The number of likely N-dealkylation sites (N-methyl/N-ethyl adjacent to an activating group) is 1. The molecule has 0 aliphatic rings. The SMILES string of the molecule is CNC(=O)[C@@H](NC(=O)CCCC(C)=O)C(C)C. The zero-order valence-electron chi connectivity index (χ0n) is 11.0. The molecule has 17 heavy (non-hydrogen) atoms. The molecule has 2 N–H and O–H groups in total. The second-order valence-electron chi connectivity index (χ2n) is 4.46. The lowest BCUT2D eigenvalue weighted by molar-refractivity contribution is -0.130. The first kappa shape index (κ1) is 15.6. The van der Waals surface area contributed by atoms with Crippen molar-refractivity contribution in [1.29, 1.82) is 0 Å². The van der Waals surface area contributed by atoms with Crippen LogP contribution in [0.2, 0.25) is 0 Å². The van der Waals surface area contributed by atoms with Gasteiger partial charge in [-0.2, -0.15) is 0 Å². The fourth-order valence-electron chi connectivity index (χ4n) is 1.43. The molecule has 5 heteroatoms. The molecule has 0 saturated carbocycles. The fourth-order valence-corrected chi connectivity index (χ4v) is 1.43. The Bertz CT molecular complexity index is 287. The van der Waals surface area contributed by atoms with Gasteiger partial charge in [0.25, 0.3) is 0 Å². The molecule has 0 aromatic carbocycles. The summed E-state index contributed by atoms with van der Waals surface area (Å²) in [5.41, 5.74) is 0. The van der Waals surface area contributed by atoms with E-state index in [4.69, 9.17) is 0 Å². The Labute approximate surface area is 102 Å². The van der Waals surface area contributed by atoms with Crippen LogP contribution in [-0.4, -0.2) is 30.7 Å². The highest BCUT2D eigenvalue weighted by Crippen LogP contribution is 2.03. The van der Waals surface area contributed by atoms with E-state index in [0.29, 0.717) is 12.8 Å². The smallest absolute Gasteiger partial charge is 0.242 e. The van der Waals surface area contributed by atoms with Crippen molar-refractivity contribution in [3.05, 3.63) is 0 Å². The molecule has 0 radical (unpaired) electrons. The molecular formula is C12H22N2O3. The number of hydrogen-bond acceptors (Lipinski definition) is 3. The van der Waals surface area contributed by atoms with Crippen molar-refractivity contribution < 1.29 is 14.4 Å². The summed E-state index contributed by atoms with van der Waals surface area (Å²) in [5.74, 6) is -0.273. The molecule has 0 rings (SSSR count). The van der Waals surface area contributed by atoms with Crippen molar-refractivity contribution in [3.63, 3.8) is 0 Å². The van der Waals surface area contributed by atoms with Gasteiger partial charge in [0.05, 0.1) is 0 Å². The first-order chi connectivity index (χ1) is 7.88. The molecule has 5 nitrogen and oxygen atoms in total. The van der Waals surface area contributed by atoms with Crippen LogP contribution in [-0.2, 0) is 14.4 Å². The third-order valence-corrected chi connectivity index (χ3v) is 2.44. The molecule has 0 bridgehead atoms. The predicted molar refractivity (Wildman–Crippen MR) is 65.4 cm³/mol. The van der Waals surface area contributed by atoms with E-state index < -0.39 is 6.04 Å². The summed E-state index contributed by atoms with van der Waals surface area (Å²) in [7, 11) is 1.54. The summed E-state index contributed by atoms with van der Waals surface area (Å²) >= 11 is 0. The summed E-state index contributed by atoms with van der Waals surface area (Å²) < 4.78 is 0. The first-order valence-electron chi connectivity index (χ1n) is 5.88. The largest absolute Gasteiger partial charge is 0.357 e. The molecule has 0 fully saturated rings. The van der Waals surface area contributed by atoms with E-state index in [2.05, 4.69) is 10.6 Å². The van der Waals surface area contributed by atoms with E-state index in [9.17, 15) is 14.4 Å². The summed E-state index contributed by atoms with van der Waals surface area (Å²) in [6, 6.07) is -0.509. The van der Waals surface area contributed by atoms with E-state index in [1.54, 1.807) is 7.05 Å². The van der Waals surface area contributed by atoms with Crippen molar-refractivity contribution in [2.45, 2.75) is 46.1 Å². The van der Waals surface area contributed by atoms with Gasteiger partial charge in [0.15, 0.2) is 0 Å². The van der Waals surface area contributed by atoms with Crippen molar-refractivity contribution in [2.75, 3.05) is 7.05 Å². The second-order valence-corrected chi connectivity index (χ2v) is 4.46. The molecule has 0 unspecified atom stereocenters. The molecule has 0 aliphatic heterocycles. The zero-order valence-corrected chi connectivity index (χ0v) is 11.0.